The summed E-state index contributed by atoms with van der Waals surface area (Å²) in [7, 11) is 0. The van der Waals surface area contributed by atoms with Crippen LogP contribution in [0.5, 0.6) is 0 Å². The van der Waals surface area contributed by atoms with Crippen LogP contribution in [0.15, 0.2) is 0 Å². The Morgan fingerprint density at radius 3 is 1.50 bits per heavy atom. The largest absolute Gasteiger partial charge is 0.381 e. The Morgan fingerprint density at radius 2 is 1.30 bits per heavy atom. The molecule has 0 aromatic heterocycles. The molecule has 0 aromatic carbocycles. The summed E-state index contributed by atoms with van der Waals surface area (Å²) < 4.78 is 8.33. The number of rotatable bonds is 4. The highest BCUT2D eigenvalue weighted by atomic mass is 35.6. The first-order valence-corrected chi connectivity index (χ1v) is 3.92. The van der Waals surface area contributed by atoms with E-state index < -0.39 is 0 Å². The molecule has 0 bridgehead atoms. The monoisotopic (exact) mass is 188 g/mol. The van der Waals surface area contributed by atoms with E-state index >= 15 is 0 Å². The molecule has 0 fully saturated rings. The average molecular weight is 189 g/mol. The molecule has 0 rings (SSSR count). The van der Waals surface area contributed by atoms with Crippen molar-refractivity contribution in [2.75, 3.05) is 13.2 Å². The summed E-state index contributed by atoms with van der Waals surface area (Å²) in [6.45, 7) is 6.09. The lowest BCUT2D eigenvalue weighted by Gasteiger charge is -1.95. The van der Waals surface area contributed by atoms with Gasteiger partial charge in [-0.2, -0.15) is 3.84 Å². The molecule has 0 aliphatic heterocycles. The van der Waals surface area contributed by atoms with Gasteiger partial charge in [0.15, 0.2) is 0 Å². The van der Waals surface area contributed by atoms with Crippen molar-refractivity contribution in [3.05, 3.63) is 0 Å². The van der Waals surface area contributed by atoms with E-state index in [1.54, 1.807) is 0 Å². The first kappa shape index (κ1) is 13.1. The fraction of sp³-hybridized carbons (Fsp3) is 1.00. The number of halogens is 2. The molecule has 0 unspecified atom stereocenters. The maximum Gasteiger partial charge on any atom is 0.0832 e. The van der Waals surface area contributed by atoms with E-state index in [0.29, 0.717) is 0 Å². The van der Waals surface area contributed by atoms with Crippen molar-refractivity contribution in [2.45, 2.75) is 26.7 Å². The predicted molar refractivity (Wildman–Crippen MR) is 44.2 cm³/mol. The first-order chi connectivity index (χ1) is 4.83. The summed E-state index contributed by atoms with van der Waals surface area (Å²) >= 11 is 8.53. The Morgan fingerprint density at radius 1 is 1.00 bits per heavy atom. The highest BCUT2D eigenvalue weighted by Gasteiger charge is 1.77. The number of ether oxygens (including phenoxy) is 1. The maximum absolute atomic E-state index is 5.13. The van der Waals surface area contributed by atoms with Crippen molar-refractivity contribution < 1.29 is 8.58 Å². The molecule has 0 atom stereocenters. The minimum atomic E-state index is 0.924. The maximum atomic E-state index is 5.13. The Labute approximate surface area is 72.7 Å². The molecule has 0 amide bonds. The molecule has 0 aliphatic carbocycles. The molecule has 0 radical (unpaired) electrons. The van der Waals surface area contributed by atoms with Crippen LogP contribution in [-0.2, 0) is 8.58 Å². The van der Waals surface area contributed by atoms with Crippen molar-refractivity contribution in [2.24, 2.45) is 0 Å². The van der Waals surface area contributed by atoms with Crippen LogP contribution in [0.1, 0.15) is 26.7 Å². The van der Waals surface area contributed by atoms with Gasteiger partial charge in [0.05, 0.1) is 23.7 Å². The zero-order chi connectivity index (χ0) is 8.24. The molecule has 0 spiro atoms. The summed E-state index contributed by atoms with van der Waals surface area (Å²) in [5.74, 6) is 0. The fourth-order valence-electron chi connectivity index (χ4n) is 0.391. The predicted octanol–water partition coefficient (Wildman–Crippen LogP) is 3.13. The van der Waals surface area contributed by atoms with Gasteiger partial charge in [-0.15, -0.1) is 0 Å². The van der Waals surface area contributed by atoms with Crippen LogP contribution in [0.25, 0.3) is 0 Å². The number of hydrogen-bond acceptors (Lipinski definition) is 2. The van der Waals surface area contributed by atoms with E-state index in [1.165, 1.54) is 0 Å². The van der Waals surface area contributed by atoms with Gasteiger partial charge in [0.1, 0.15) is 0 Å². The van der Waals surface area contributed by atoms with Gasteiger partial charge in [-0.1, -0.05) is 13.8 Å². The van der Waals surface area contributed by atoms with Crippen LogP contribution in [-0.4, -0.2) is 13.2 Å². The third kappa shape index (κ3) is 23.6. The SMILES string of the molecule is CCCOCCC.ClOCl. The second kappa shape index (κ2) is 16.2. The molecule has 64 valence electrons. The zero-order valence-corrected chi connectivity index (χ0v) is 7.91. The second-order valence-corrected chi connectivity index (χ2v) is 2.14. The quantitative estimate of drug-likeness (QED) is 0.632. The summed E-state index contributed by atoms with van der Waals surface area (Å²) in [6.07, 6.45) is 2.28. The van der Waals surface area contributed by atoms with Crippen molar-refractivity contribution in [1.82, 2.24) is 0 Å². The normalized spacial score (nSPS) is 8.40. The smallest absolute Gasteiger partial charge is 0.0832 e. The molecule has 0 saturated heterocycles. The summed E-state index contributed by atoms with van der Waals surface area (Å²) in [6, 6.07) is 0. The van der Waals surface area contributed by atoms with Gasteiger partial charge < -0.3 is 4.74 Å². The molecule has 0 N–H and O–H groups in total. The Bertz CT molecular complexity index is 40.7. The third-order valence-electron chi connectivity index (χ3n) is 0.697. The van der Waals surface area contributed by atoms with Gasteiger partial charge in [-0.25, -0.2) is 0 Å². The van der Waals surface area contributed by atoms with Gasteiger partial charge in [0.2, 0.25) is 0 Å². The number of hydrogen-bond donors (Lipinski definition) is 0. The highest BCUT2D eigenvalue weighted by Crippen LogP contribution is 1.81. The average Bonchev–Trinajstić information content (AvgIpc) is 1.91. The molecule has 4 heteroatoms. The van der Waals surface area contributed by atoms with Crippen LogP contribution >= 0.6 is 23.7 Å². The van der Waals surface area contributed by atoms with E-state index in [-0.39, 0.29) is 0 Å². The van der Waals surface area contributed by atoms with E-state index in [4.69, 9.17) is 4.74 Å². The van der Waals surface area contributed by atoms with Crippen molar-refractivity contribution >= 4 is 23.7 Å². The van der Waals surface area contributed by atoms with Crippen LogP contribution in [0.3, 0.4) is 0 Å². The lowest BCUT2D eigenvalue weighted by molar-refractivity contribution is 0.135. The van der Waals surface area contributed by atoms with Crippen molar-refractivity contribution in [3.63, 3.8) is 0 Å². The molecule has 10 heavy (non-hydrogen) atoms. The fourth-order valence-corrected chi connectivity index (χ4v) is 0.391. The van der Waals surface area contributed by atoms with E-state index in [0.717, 1.165) is 26.1 Å². The summed E-state index contributed by atoms with van der Waals surface area (Å²) in [4.78, 5) is 0. The van der Waals surface area contributed by atoms with E-state index in [1.807, 2.05) is 0 Å². The van der Waals surface area contributed by atoms with E-state index in [2.05, 4.69) is 41.4 Å². The molecular formula is C6H14Cl2O2. The second-order valence-electron chi connectivity index (χ2n) is 1.67. The molecule has 0 aliphatic rings. The lowest BCUT2D eigenvalue weighted by Crippen LogP contribution is -1.92. The highest BCUT2D eigenvalue weighted by molar-refractivity contribution is 6.24. The Balaban J connectivity index is 0. The van der Waals surface area contributed by atoms with Gasteiger partial charge in [-0.05, 0) is 12.8 Å². The van der Waals surface area contributed by atoms with Gasteiger partial charge in [-0.3, -0.25) is 0 Å². The molecular weight excluding hydrogens is 175 g/mol. The molecule has 0 aromatic rings. The Kier molecular flexibility index (Phi) is 21.3. The minimum absolute atomic E-state index is 0.924. The zero-order valence-electron chi connectivity index (χ0n) is 6.40. The Hall–Kier alpha value is 0.500. The summed E-state index contributed by atoms with van der Waals surface area (Å²) in [5.41, 5.74) is 0. The van der Waals surface area contributed by atoms with Crippen LogP contribution in [0, 0.1) is 0 Å². The molecule has 0 heterocycles. The standard InChI is InChI=1S/C6H14O.Cl2O/c1-3-5-7-6-4-2;1-3-2/h3-6H2,1-2H3;. The van der Waals surface area contributed by atoms with Gasteiger partial charge >= 0.3 is 0 Å². The van der Waals surface area contributed by atoms with Gasteiger partial charge in [0, 0.05) is 13.2 Å². The van der Waals surface area contributed by atoms with Crippen LogP contribution < -0.4 is 0 Å². The van der Waals surface area contributed by atoms with Crippen LogP contribution in [0.2, 0.25) is 0 Å². The molecule has 0 saturated carbocycles. The minimum Gasteiger partial charge on any atom is -0.381 e. The van der Waals surface area contributed by atoms with Crippen molar-refractivity contribution in [1.29, 1.82) is 0 Å². The van der Waals surface area contributed by atoms with E-state index in [9.17, 15) is 0 Å². The molecule has 2 nitrogen and oxygen atoms in total. The first-order valence-electron chi connectivity index (χ1n) is 3.30. The van der Waals surface area contributed by atoms with Gasteiger partial charge in [0.25, 0.3) is 0 Å². The topological polar surface area (TPSA) is 18.5 Å². The van der Waals surface area contributed by atoms with Crippen molar-refractivity contribution in [3.8, 4) is 0 Å². The van der Waals surface area contributed by atoms with Crippen LogP contribution in [0.4, 0.5) is 0 Å². The summed E-state index contributed by atoms with van der Waals surface area (Å²) in [5, 5.41) is 0. The lowest BCUT2D eigenvalue weighted by atomic mass is 10.5. The third-order valence-corrected chi connectivity index (χ3v) is 0.697.